The lowest BCUT2D eigenvalue weighted by atomic mass is 9.92. The van der Waals surface area contributed by atoms with Crippen LogP contribution in [0.15, 0.2) is 24.3 Å². The topological polar surface area (TPSA) is 33.9 Å². The fourth-order valence-electron chi connectivity index (χ4n) is 3.37. The molecule has 0 aromatic heterocycles. The van der Waals surface area contributed by atoms with E-state index in [0.29, 0.717) is 13.2 Å². The monoisotopic (exact) mass is 312 g/mol. The van der Waals surface area contributed by atoms with Crippen molar-refractivity contribution >= 4 is 11.6 Å². The molecule has 2 rings (SSSR count). The highest BCUT2D eigenvalue weighted by Crippen LogP contribution is 2.12. The van der Waals surface area contributed by atoms with Crippen molar-refractivity contribution < 1.29 is 14.7 Å². The number of hydrogen-bond donors (Lipinski definition) is 2. The fourth-order valence-corrected chi connectivity index (χ4v) is 3.50. The van der Waals surface area contributed by atoms with Crippen LogP contribution in [0.3, 0.4) is 0 Å². The maximum Gasteiger partial charge on any atom is 0.126 e. The Balaban J connectivity index is 1.67. The highest BCUT2D eigenvalue weighted by atomic mass is 35.5. The van der Waals surface area contributed by atoms with Crippen LogP contribution >= 0.6 is 11.6 Å². The van der Waals surface area contributed by atoms with Gasteiger partial charge in [-0.1, -0.05) is 37.6 Å². The van der Waals surface area contributed by atoms with Crippen molar-refractivity contribution in [1.29, 1.82) is 0 Å². The summed E-state index contributed by atoms with van der Waals surface area (Å²) >= 11 is 5.84. The molecule has 21 heavy (non-hydrogen) atoms. The van der Waals surface area contributed by atoms with E-state index in [-0.39, 0.29) is 6.10 Å². The van der Waals surface area contributed by atoms with Crippen molar-refractivity contribution in [3.05, 3.63) is 34.9 Å². The molecule has 0 aliphatic carbocycles. The third-order valence-corrected chi connectivity index (χ3v) is 4.35. The highest BCUT2D eigenvalue weighted by Gasteiger charge is 2.26. The first-order valence-corrected chi connectivity index (χ1v) is 8.24. The van der Waals surface area contributed by atoms with Crippen molar-refractivity contribution in [1.82, 2.24) is 0 Å². The maximum atomic E-state index is 10.1. The predicted octanol–water partition coefficient (Wildman–Crippen LogP) is 1.78. The second kappa shape index (κ2) is 8.14. The van der Waals surface area contributed by atoms with Crippen LogP contribution in [-0.2, 0) is 11.3 Å². The average molecular weight is 313 g/mol. The molecule has 0 bridgehead atoms. The number of ether oxygens (including phenoxy) is 1. The third-order valence-electron chi connectivity index (χ3n) is 4.10. The molecule has 3 nitrogen and oxygen atoms in total. The van der Waals surface area contributed by atoms with Gasteiger partial charge >= 0.3 is 0 Å². The summed E-state index contributed by atoms with van der Waals surface area (Å²) in [6.07, 6.45) is 0.928. The Bertz CT molecular complexity index is 413. The fraction of sp³-hybridized carbons (Fsp3) is 0.647. The van der Waals surface area contributed by atoms with Gasteiger partial charge in [0.25, 0.3) is 0 Å². The number of aliphatic hydroxyl groups excluding tert-OH is 1. The van der Waals surface area contributed by atoms with Crippen LogP contribution in [0.5, 0.6) is 0 Å². The smallest absolute Gasteiger partial charge is 0.126 e. The summed E-state index contributed by atoms with van der Waals surface area (Å²) in [5.74, 6) is 1.51. The van der Waals surface area contributed by atoms with Gasteiger partial charge in [-0.05, 0) is 24.1 Å². The number of benzene rings is 1. The zero-order valence-corrected chi connectivity index (χ0v) is 13.8. The summed E-state index contributed by atoms with van der Waals surface area (Å²) in [5, 5.41) is 10.9. The minimum Gasteiger partial charge on any atom is -0.385 e. The van der Waals surface area contributed by atoms with Gasteiger partial charge < -0.3 is 14.7 Å². The SMILES string of the molecule is C[C@H]1C[C@H](C)C[NH+](C[C@H](O)COCc2ccc(Cl)cc2)C1. The minimum atomic E-state index is -0.384. The summed E-state index contributed by atoms with van der Waals surface area (Å²) < 4.78 is 5.61. The van der Waals surface area contributed by atoms with E-state index in [0.717, 1.165) is 29.0 Å². The van der Waals surface area contributed by atoms with Crippen LogP contribution in [0.4, 0.5) is 0 Å². The maximum absolute atomic E-state index is 10.1. The molecule has 0 spiro atoms. The molecule has 2 N–H and O–H groups in total. The lowest BCUT2D eigenvalue weighted by molar-refractivity contribution is -0.915. The van der Waals surface area contributed by atoms with Crippen LogP contribution in [-0.4, -0.2) is 37.5 Å². The molecule has 1 fully saturated rings. The van der Waals surface area contributed by atoms with E-state index < -0.39 is 0 Å². The third kappa shape index (κ3) is 5.95. The Morgan fingerprint density at radius 1 is 1.24 bits per heavy atom. The van der Waals surface area contributed by atoms with Crippen molar-refractivity contribution in [3.8, 4) is 0 Å². The Kier molecular flexibility index (Phi) is 6.49. The number of nitrogens with one attached hydrogen (secondary N) is 1. The highest BCUT2D eigenvalue weighted by molar-refractivity contribution is 6.30. The number of rotatable bonds is 6. The molecule has 0 unspecified atom stereocenters. The van der Waals surface area contributed by atoms with Crippen molar-refractivity contribution in [2.45, 2.75) is 33.0 Å². The van der Waals surface area contributed by atoms with Gasteiger partial charge in [0, 0.05) is 16.9 Å². The summed E-state index contributed by atoms with van der Waals surface area (Å²) in [6, 6.07) is 7.62. The normalized spacial score (nSPS) is 27.5. The average Bonchev–Trinajstić information content (AvgIpc) is 2.39. The van der Waals surface area contributed by atoms with Gasteiger partial charge in [-0.2, -0.15) is 0 Å². The second-order valence-electron chi connectivity index (χ2n) is 6.60. The van der Waals surface area contributed by atoms with Gasteiger partial charge in [0.2, 0.25) is 0 Å². The number of likely N-dealkylation sites (tertiary alicyclic amines) is 1. The number of quaternary nitrogens is 1. The van der Waals surface area contributed by atoms with Crippen molar-refractivity contribution in [3.63, 3.8) is 0 Å². The number of piperidine rings is 1. The van der Waals surface area contributed by atoms with E-state index >= 15 is 0 Å². The Labute approximate surface area is 132 Å². The number of halogens is 1. The van der Waals surface area contributed by atoms with Crippen LogP contribution in [0.2, 0.25) is 5.02 Å². The molecule has 118 valence electrons. The molecular weight excluding hydrogens is 286 g/mol. The first-order chi connectivity index (χ1) is 10.0. The molecule has 1 aromatic carbocycles. The molecule has 1 saturated heterocycles. The zero-order valence-electron chi connectivity index (χ0n) is 13.0. The first kappa shape index (κ1) is 16.8. The van der Waals surface area contributed by atoms with Crippen LogP contribution < -0.4 is 4.90 Å². The molecule has 3 atom stereocenters. The Hall–Kier alpha value is -0.610. The zero-order chi connectivity index (χ0) is 15.2. The second-order valence-corrected chi connectivity index (χ2v) is 7.04. The lowest BCUT2D eigenvalue weighted by Crippen LogP contribution is -3.15. The molecule has 1 heterocycles. The number of hydrogen-bond acceptors (Lipinski definition) is 2. The minimum absolute atomic E-state index is 0.384. The summed E-state index contributed by atoms with van der Waals surface area (Å²) in [4.78, 5) is 1.50. The first-order valence-electron chi connectivity index (χ1n) is 7.86. The van der Waals surface area contributed by atoms with E-state index in [9.17, 15) is 5.11 Å². The Morgan fingerprint density at radius 3 is 2.48 bits per heavy atom. The molecule has 1 aliphatic rings. The van der Waals surface area contributed by atoms with Gasteiger partial charge in [0.1, 0.15) is 12.6 Å². The van der Waals surface area contributed by atoms with Gasteiger partial charge in [-0.3, -0.25) is 0 Å². The van der Waals surface area contributed by atoms with E-state index in [1.54, 1.807) is 0 Å². The Morgan fingerprint density at radius 2 is 1.86 bits per heavy atom. The molecule has 0 amide bonds. The number of aliphatic hydroxyl groups is 1. The standard InChI is InChI=1S/C17H26ClNO2/c1-13-7-14(2)9-19(8-13)10-17(20)12-21-11-15-3-5-16(18)6-4-15/h3-6,13-14,17,20H,7-12H2,1-2H3/p+1/t13-,14-,17-/m0/s1. The van der Waals surface area contributed by atoms with E-state index in [1.807, 2.05) is 24.3 Å². The van der Waals surface area contributed by atoms with Gasteiger partial charge in [-0.25, -0.2) is 0 Å². The summed E-state index contributed by atoms with van der Waals surface area (Å²) in [6.45, 7) is 8.65. The molecule has 0 saturated carbocycles. The molecule has 0 radical (unpaired) electrons. The van der Waals surface area contributed by atoms with Crippen LogP contribution in [0, 0.1) is 11.8 Å². The van der Waals surface area contributed by atoms with Gasteiger partial charge in [0.15, 0.2) is 0 Å². The molecular formula is C17H27ClNO2+. The largest absolute Gasteiger partial charge is 0.385 e. The molecule has 4 heteroatoms. The molecule has 1 aromatic rings. The van der Waals surface area contributed by atoms with Crippen molar-refractivity contribution in [2.75, 3.05) is 26.2 Å². The van der Waals surface area contributed by atoms with Crippen molar-refractivity contribution in [2.24, 2.45) is 11.8 Å². The predicted molar refractivity (Wildman–Crippen MR) is 85.6 cm³/mol. The lowest BCUT2D eigenvalue weighted by Gasteiger charge is -2.33. The van der Waals surface area contributed by atoms with E-state index in [4.69, 9.17) is 16.3 Å². The summed E-state index contributed by atoms with van der Waals surface area (Å²) in [5.41, 5.74) is 1.08. The van der Waals surface area contributed by atoms with Crippen LogP contribution in [0.1, 0.15) is 25.8 Å². The summed E-state index contributed by atoms with van der Waals surface area (Å²) in [7, 11) is 0. The van der Waals surface area contributed by atoms with Crippen LogP contribution in [0.25, 0.3) is 0 Å². The van der Waals surface area contributed by atoms with Gasteiger partial charge in [-0.15, -0.1) is 0 Å². The molecule has 1 aliphatic heterocycles. The quantitative estimate of drug-likeness (QED) is 0.839. The van der Waals surface area contributed by atoms with E-state index in [2.05, 4.69) is 13.8 Å². The van der Waals surface area contributed by atoms with E-state index in [1.165, 1.54) is 24.4 Å². The van der Waals surface area contributed by atoms with Gasteiger partial charge in [0.05, 0.1) is 26.3 Å².